The van der Waals surface area contributed by atoms with Crippen molar-refractivity contribution in [2.45, 2.75) is 48.4 Å². The summed E-state index contributed by atoms with van der Waals surface area (Å²) in [7, 11) is 0. The van der Waals surface area contributed by atoms with Gasteiger partial charge in [0.05, 0.1) is 18.8 Å². The number of alkyl halides is 3. The number of nitrogens with one attached hydrogen (secondary N) is 1. The molecule has 252 valence electrons. The average molecular weight is 709 g/mol. The summed E-state index contributed by atoms with van der Waals surface area (Å²) < 4.78 is 11.2. The summed E-state index contributed by atoms with van der Waals surface area (Å²) in [4.78, 5) is 17.0. The molecule has 3 atom stereocenters. The number of ether oxygens (including phenoxy) is 2. The minimum atomic E-state index is -2.00. The first-order chi connectivity index (χ1) is 23.2. The predicted molar refractivity (Wildman–Crippen MR) is 191 cm³/mol. The first-order valence-electron chi connectivity index (χ1n) is 16.3. The van der Waals surface area contributed by atoms with Gasteiger partial charge in [-0.2, -0.15) is 0 Å². The highest BCUT2D eigenvalue weighted by Gasteiger charge is 2.34. The van der Waals surface area contributed by atoms with Crippen LogP contribution in [0.4, 0.5) is 0 Å². The van der Waals surface area contributed by atoms with Gasteiger partial charge in [0.1, 0.15) is 0 Å². The first-order valence-corrected chi connectivity index (χ1v) is 17.4. The van der Waals surface area contributed by atoms with Crippen LogP contribution in [0, 0.1) is 0 Å². The van der Waals surface area contributed by atoms with Gasteiger partial charge in [-0.25, -0.2) is 0 Å². The molecule has 2 saturated heterocycles. The van der Waals surface area contributed by atoms with Crippen LogP contribution in [0.3, 0.4) is 0 Å². The van der Waals surface area contributed by atoms with E-state index >= 15 is 0 Å². The number of amides is 1. The van der Waals surface area contributed by atoms with Crippen molar-refractivity contribution in [2.75, 3.05) is 32.7 Å². The Morgan fingerprint density at radius 2 is 1.42 bits per heavy atom. The standard InChI is InChI=1S/C38H40Cl3N3O4/c39-38(40,41)37(46)42-23-29-7-4-8-33(21-29)30-13-15-32(16-14-30)36-47-34(22-35(48-36)31-11-9-28(26-45)10-12-31)25-44-19-17-43(18-20-44)24-27-5-2-1-3-6-27/h1-16,21,34-36,45H,17-20,22-26H2,(H,42,46). The van der Waals surface area contributed by atoms with Gasteiger partial charge in [-0.1, -0.05) is 132 Å². The van der Waals surface area contributed by atoms with E-state index in [0.717, 1.165) is 79.1 Å². The van der Waals surface area contributed by atoms with Crippen molar-refractivity contribution in [1.29, 1.82) is 0 Å². The number of halogens is 3. The zero-order chi connectivity index (χ0) is 33.5. The molecule has 4 aromatic carbocycles. The van der Waals surface area contributed by atoms with Gasteiger partial charge in [0.2, 0.25) is 0 Å². The van der Waals surface area contributed by atoms with E-state index in [-0.39, 0.29) is 25.4 Å². The lowest BCUT2D eigenvalue weighted by molar-refractivity contribution is -0.253. The van der Waals surface area contributed by atoms with Crippen molar-refractivity contribution in [2.24, 2.45) is 0 Å². The molecule has 2 N–H and O–H groups in total. The lowest BCUT2D eigenvalue weighted by atomic mass is 9.98. The van der Waals surface area contributed by atoms with Crippen LogP contribution < -0.4 is 5.32 Å². The lowest BCUT2D eigenvalue weighted by Gasteiger charge is -2.40. The zero-order valence-electron chi connectivity index (χ0n) is 26.6. The van der Waals surface area contributed by atoms with Crippen LogP contribution in [0.25, 0.3) is 11.1 Å². The number of aliphatic hydroxyl groups excluding tert-OH is 1. The molecule has 1 amide bonds. The van der Waals surface area contributed by atoms with E-state index < -0.39 is 16.0 Å². The van der Waals surface area contributed by atoms with E-state index in [1.54, 1.807) is 0 Å². The normalized spacial score (nSPS) is 20.8. The maximum absolute atomic E-state index is 12.0. The Labute approximate surface area is 297 Å². The van der Waals surface area contributed by atoms with Crippen LogP contribution in [0.1, 0.15) is 46.6 Å². The third-order valence-corrected chi connectivity index (χ3v) is 9.46. The molecule has 0 saturated carbocycles. The molecule has 7 nitrogen and oxygen atoms in total. The number of piperazine rings is 1. The van der Waals surface area contributed by atoms with Gasteiger partial charge in [0.15, 0.2) is 6.29 Å². The van der Waals surface area contributed by atoms with Crippen LogP contribution in [-0.4, -0.2) is 63.4 Å². The Balaban J connectivity index is 1.13. The fourth-order valence-electron chi connectivity index (χ4n) is 6.27. The van der Waals surface area contributed by atoms with Gasteiger partial charge in [-0.15, -0.1) is 0 Å². The number of carbonyl (C=O) groups excluding carboxylic acids is 1. The second-order valence-corrected chi connectivity index (χ2v) is 14.7. The quantitative estimate of drug-likeness (QED) is 0.170. The van der Waals surface area contributed by atoms with Crippen molar-refractivity contribution in [3.63, 3.8) is 0 Å². The third-order valence-electron chi connectivity index (χ3n) is 8.94. The maximum atomic E-state index is 12.0. The number of benzene rings is 4. The summed E-state index contributed by atoms with van der Waals surface area (Å²) in [6.45, 7) is 6.10. The second kappa shape index (κ2) is 16.2. The van der Waals surface area contributed by atoms with Crippen LogP contribution in [0.2, 0.25) is 0 Å². The number of rotatable bonds is 10. The molecule has 4 aromatic rings. The lowest BCUT2D eigenvalue weighted by Crippen LogP contribution is -2.49. The Hall–Kier alpha value is -2.98. The predicted octanol–water partition coefficient (Wildman–Crippen LogP) is 7.20. The molecule has 0 radical (unpaired) electrons. The summed E-state index contributed by atoms with van der Waals surface area (Å²) in [5.41, 5.74) is 7.15. The molecular weight excluding hydrogens is 669 g/mol. The highest BCUT2D eigenvalue weighted by Crippen LogP contribution is 2.39. The SMILES string of the molecule is O=C(NCc1cccc(-c2ccc(C3OC(CN4CCN(Cc5ccccc5)CC4)CC(c4ccc(CO)cc4)O3)cc2)c1)C(Cl)(Cl)Cl. The molecule has 0 spiro atoms. The number of nitrogens with zero attached hydrogens (tertiary/aromatic N) is 2. The average Bonchev–Trinajstić information content (AvgIpc) is 3.11. The molecule has 2 aliphatic rings. The molecule has 2 aliphatic heterocycles. The highest BCUT2D eigenvalue weighted by molar-refractivity contribution is 6.76. The smallest absolute Gasteiger partial charge is 0.272 e. The van der Waals surface area contributed by atoms with E-state index in [4.69, 9.17) is 44.3 Å². The number of aliphatic hydroxyl groups is 1. The fraction of sp³-hybridized carbons (Fsp3) is 0.342. The van der Waals surface area contributed by atoms with Crippen LogP contribution >= 0.6 is 34.8 Å². The van der Waals surface area contributed by atoms with Gasteiger partial charge in [-0.3, -0.25) is 14.6 Å². The molecule has 10 heteroatoms. The molecule has 48 heavy (non-hydrogen) atoms. The topological polar surface area (TPSA) is 74.3 Å². The maximum Gasteiger partial charge on any atom is 0.272 e. The van der Waals surface area contributed by atoms with Crippen molar-refractivity contribution < 1.29 is 19.4 Å². The number of hydrogen-bond acceptors (Lipinski definition) is 6. The summed E-state index contributed by atoms with van der Waals surface area (Å²) in [6, 6.07) is 34.7. The Morgan fingerprint density at radius 3 is 2.10 bits per heavy atom. The van der Waals surface area contributed by atoms with Gasteiger partial charge >= 0.3 is 0 Å². The number of hydrogen-bond donors (Lipinski definition) is 2. The van der Waals surface area contributed by atoms with Gasteiger partial charge < -0.3 is 19.9 Å². The molecule has 2 fully saturated rings. The minimum Gasteiger partial charge on any atom is -0.392 e. The van der Waals surface area contributed by atoms with Gasteiger partial charge in [0.25, 0.3) is 9.70 Å². The molecule has 2 heterocycles. The van der Waals surface area contributed by atoms with Crippen molar-refractivity contribution >= 4 is 40.7 Å². The molecular formula is C38H40Cl3N3O4. The second-order valence-electron chi connectivity index (χ2n) is 12.4. The minimum absolute atomic E-state index is 0.00814. The van der Waals surface area contributed by atoms with Gasteiger partial charge in [0, 0.05) is 57.8 Å². The third kappa shape index (κ3) is 9.37. The van der Waals surface area contributed by atoms with Crippen LogP contribution in [0.5, 0.6) is 0 Å². The summed E-state index contributed by atoms with van der Waals surface area (Å²) in [5, 5.41) is 12.2. The Kier molecular flexibility index (Phi) is 11.7. The first kappa shape index (κ1) is 34.9. The Morgan fingerprint density at radius 1 is 0.750 bits per heavy atom. The van der Waals surface area contributed by atoms with E-state index in [1.165, 1.54) is 5.56 Å². The largest absolute Gasteiger partial charge is 0.392 e. The fourth-order valence-corrected chi connectivity index (χ4v) is 6.47. The van der Waals surface area contributed by atoms with E-state index in [9.17, 15) is 9.90 Å². The summed E-state index contributed by atoms with van der Waals surface area (Å²) in [6.07, 6.45) is 0.0771. The van der Waals surface area contributed by atoms with E-state index in [1.807, 2.05) is 60.7 Å². The van der Waals surface area contributed by atoms with Gasteiger partial charge in [-0.05, 0) is 39.4 Å². The van der Waals surface area contributed by atoms with Crippen LogP contribution in [0.15, 0.2) is 103 Å². The molecule has 0 bridgehead atoms. The molecule has 0 aliphatic carbocycles. The molecule has 0 aromatic heterocycles. The van der Waals surface area contributed by atoms with E-state index in [2.05, 4.69) is 57.6 Å². The molecule has 3 unspecified atom stereocenters. The Bertz CT molecular complexity index is 1630. The van der Waals surface area contributed by atoms with Crippen molar-refractivity contribution in [3.05, 3.63) is 131 Å². The summed E-state index contributed by atoms with van der Waals surface area (Å²) in [5.74, 6) is -0.666. The summed E-state index contributed by atoms with van der Waals surface area (Å²) >= 11 is 17.1. The van der Waals surface area contributed by atoms with Crippen molar-refractivity contribution in [3.8, 4) is 11.1 Å². The monoisotopic (exact) mass is 707 g/mol. The van der Waals surface area contributed by atoms with Crippen LogP contribution in [-0.2, 0) is 34.0 Å². The number of carbonyl (C=O) groups is 1. The molecule has 6 rings (SSSR count). The zero-order valence-corrected chi connectivity index (χ0v) is 28.9. The van der Waals surface area contributed by atoms with Crippen molar-refractivity contribution in [1.82, 2.24) is 15.1 Å². The highest BCUT2D eigenvalue weighted by atomic mass is 35.6. The van der Waals surface area contributed by atoms with E-state index in [0.29, 0.717) is 0 Å².